The molecule has 0 aliphatic rings. The number of aryl methyl sites for hydroxylation is 1. The third-order valence-electron chi connectivity index (χ3n) is 2.16. The summed E-state index contributed by atoms with van der Waals surface area (Å²) in [5.74, 6) is -0.104. The zero-order valence-electron chi connectivity index (χ0n) is 10.7. The summed E-state index contributed by atoms with van der Waals surface area (Å²) in [5, 5.41) is 3.35. The first-order valence-corrected chi connectivity index (χ1v) is 7.92. The third-order valence-corrected chi connectivity index (χ3v) is 3.90. The maximum absolute atomic E-state index is 11.8. The summed E-state index contributed by atoms with van der Waals surface area (Å²) in [5.41, 5.74) is 0.452. The SMILES string of the molecule is CCOC(=O)c1cc(CC)sc1NC(=O)CSC. The van der Waals surface area contributed by atoms with Crippen LogP contribution in [0.2, 0.25) is 0 Å². The molecule has 0 fully saturated rings. The van der Waals surface area contributed by atoms with Gasteiger partial charge in [-0.1, -0.05) is 6.92 Å². The smallest absolute Gasteiger partial charge is 0.341 e. The van der Waals surface area contributed by atoms with Crippen molar-refractivity contribution in [2.24, 2.45) is 0 Å². The van der Waals surface area contributed by atoms with Gasteiger partial charge in [0.05, 0.1) is 17.9 Å². The van der Waals surface area contributed by atoms with Crippen LogP contribution in [0.5, 0.6) is 0 Å². The van der Waals surface area contributed by atoms with Crippen molar-refractivity contribution in [2.45, 2.75) is 20.3 Å². The summed E-state index contributed by atoms with van der Waals surface area (Å²) in [6, 6.07) is 1.79. The molecule has 0 unspecified atom stereocenters. The molecule has 4 nitrogen and oxygen atoms in total. The van der Waals surface area contributed by atoms with Crippen molar-refractivity contribution in [2.75, 3.05) is 23.9 Å². The van der Waals surface area contributed by atoms with Crippen molar-refractivity contribution in [1.29, 1.82) is 0 Å². The zero-order chi connectivity index (χ0) is 13.5. The largest absolute Gasteiger partial charge is 0.462 e. The Kier molecular flexibility index (Phi) is 6.21. The summed E-state index contributed by atoms with van der Waals surface area (Å²) in [6.45, 7) is 4.10. The number of anilines is 1. The average molecular weight is 287 g/mol. The second kappa shape index (κ2) is 7.43. The first kappa shape index (κ1) is 15.0. The maximum atomic E-state index is 11.8. The fourth-order valence-electron chi connectivity index (χ4n) is 1.36. The maximum Gasteiger partial charge on any atom is 0.341 e. The predicted molar refractivity (Wildman–Crippen MR) is 76.7 cm³/mol. The van der Waals surface area contributed by atoms with Crippen molar-refractivity contribution < 1.29 is 14.3 Å². The minimum absolute atomic E-state index is 0.0995. The number of hydrogen-bond acceptors (Lipinski definition) is 5. The molecule has 0 saturated heterocycles. The quantitative estimate of drug-likeness (QED) is 0.817. The molecule has 18 heavy (non-hydrogen) atoms. The Hall–Kier alpha value is -1.01. The van der Waals surface area contributed by atoms with Gasteiger partial charge in [-0.05, 0) is 25.7 Å². The second-order valence-electron chi connectivity index (χ2n) is 3.51. The highest BCUT2D eigenvalue weighted by Gasteiger charge is 2.18. The summed E-state index contributed by atoms with van der Waals surface area (Å²) in [4.78, 5) is 24.4. The summed E-state index contributed by atoms with van der Waals surface area (Å²) in [6.07, 6.45) is 2.69. The molecule has 1 heterocycles. The summed E-state index contributed by atoms with van der Waals surface area (Å²) >= 11 is 2.87. The Morgan fingerprint density at radius 2 is 2.17 bits per heavy atom. The number of nitrogens with one attached hydrogen (secondary N) is 1. The van der Waals surface area contributed by atoms with Crippen LogP contribution in [0.1, 0.15) is 29.1 Å². The van der Waals surface area contributed by atoms with Crippen LogP contribution in [0.4, 0.5) is 5.00 Å². The van der Waals surface area contributed by atoms with E-state index >= 15 is 0 Å². The molecule has 0 saturated carbocycles. The fraction of sp³-hybridized carbons (Fsp3) is 0.500. The molecule has 1 N–H and O–H groups in total. The van der Waals surface area contributed by atoms with E-state index in [0.717, 1.165) is 11.3 Å². The number of carbonyl (C=O) groups is 2. The molecular formula is C12H17NO3S2. The normalized spacial score (nSPS) is 10.2. The van der Waals surface area contributed by atoms with Gasteiger partial charge in [0, 0.05) is 4.88 Å². The van der Waals surface area contributed by atoms with Crippen molar-refractivity contribution in [3.8, 4) is 0 Å². The Morgan fingerprint density at radius 1 is 1.44 bits per heavy atom. The van der Waals surface area contributed by atoms with Crippen LogP contribution in [0.15, 0.2) is 6.07 Å². The van der Waals surface area contributed by atoms with Crippen LogP contribution >= 0.6 is 23.1 Å². The summed E-state index contributed by atoms with van der Waals surface area (Å²) < 4.78 is 4.98. The molecule has 0 atom stereocenters. The number of hydrogen-bond donors (Lipinski definition) is 1. The van der Waals surface area contributed by atoms with Crippen LogP contribution < -0.4 is 5.32 Å². The van der Waals surface area contributed by atoms with E-state index < -0.39 is 0 Å². The van der Waals surface area contributed by atoms with Gasteiger partial charge in [0.15, 0.2) is 0 Å². The van der Waals surface area contributed by atoms with Crippen molar-refractivity contribution in [1.82, 2.24) is 0 Å². The molecular weight excluding hydrogens is 270 g/mol. The van der Waals surface area contributed by atoms with Gasteiger partial charge in [-0.15, -0.1) is 11.3 Å². The second-order valence-corrected chi connectivity index (χ2v) is 5.51. The van der Waals surface area contributed by atoms with Gasteiger partial charge in [0.25, 0.3) is 0 Å². The highest BCUT2D eigenvalue weighted by atomic mass is 32.2. The van der Waals surface area contributed by atoms with Crippen LogP contribution in [0.25, 0.3) is 0 Å². The number of thiophene rings is 1. The first-order chi connectivity index (χ1) is 8.62. The standard InChI is InChI=1S/C12H17NO3S2/c1-4-8-6-9(12(15)16-5-2)11(18-8)13-10(14)7-17-3/h6H,4-5,7H2,1-3H3,(H,13,14). The van der Waals surface area contributed by atoms with Crippen molar-refractivity contribution >= 4 is 40.0 Å². The Labute approximate surface area is 115 Å². The lowest BCUT2D eigenvalue weighted by Crippen LogP contribution is -2.15. The van der Waals surface area contributed by atoms with Gasteiger partial charge in [0.2, 0.25) is 5.91 Å². The van der Waals surface area contributed by atoms with Crippen LogP contribution in [-0.4, -0.2) is 30.5 Å². The zero-order valence-corrected chi connectivity index (χ0v) is 12.4. The molecule has 0 bridgehead atoms. The van der Waals surface area contributed by atoms with E-state index in [4.69, 9.17) is 4.74 Å². The first-order valence-electron chi connectivity index (χ1n) is 5.70. The minimum atomic E-state index is -0.382. The molecule has 100 valence electrons. The Balaban J connectivity index is 2.90. The number of esters is 1. The fourth-order valence-corrected chi connectivity index (χ4v) is 2.70. The molecule has 1 rings (SSSR count). The predicted octanol–water partition coefficient (Wildman–Crippen LogP) is 2.79. The van der Waals surface area contributed by atoms with E-state index in [0.29, 0.717) is 22.9 Å². The number of amides is 1. The number of thioether (sulfide) groups is 1. The van der Waals surface area contributed by atoms with Gasteiger partial charge in [-0.25, -0.2) is 4.79 Å². The molecule has 1 aromatic heterocycles. The van der Waals surface area contributed by atoms with Crippen LogP contribution in [0, 0.1) is 0 Å². The lowest BCUT2D eigenvalue weighted by molar-refractivity contribution is -0.113. The molecule has 0 radical (unpaired) electrons. The molecule has 1 amide bonds. The van der Waals surface area contributed by atoms with Gasteiger partial charge < -0.3 is 10.1 Å². The van der Waals surface area contributed by atoms with E-state index in [9.17, 15) is 9.59 Å². The highest BCUT2D eigenvalue weighted by molar-refractivity contribution is 7.99. The van der Waals surface area contributed by atoms with E-state index in [1.54, 1.807) is 13.0 Å². The van der Waals surface area contributed by atoms with Crippen molar-refractivity contribution in [3.05, 3.63) is 16.5 Å². The number of ether oxygens (including phenoxy) is 1. The lowest BCUT2D eigenvalue weighted by Gasteiger charge is -2.04. The van der Waals surface area contributed by atoms with Gasteiger partial charge in [0.1, 0.15) is 5.00 Å². The molecule has 0 aliphatic carbocycles. The Morgan fingerprint density at radius 3 is 2.72 bits per heavy atom. The minimum Gasteiger partial charge on any atom is -0.462 e. The van der Waals surface area contributed by atoms with Gasteiger partial charge in [-0.2, -0.15) is 11.8 Å². The molecule has 0 aromatic carbocycles. The molecule has 0 aliphatic heterocycles. The molecule has 6 heteroatoms. The Bertz CT molecular complexity index is 429. The van der Waals surface area contributed by atoms with Gasteiger partial charge >= 0.3 is 5.97 Å². The number of carbonyl (C=O) groups excluding carboxylic acids is 2. The lowest BCUT2D eigenvalue weighted by atomic mass is 10.2. The van der Waals surface area contributed by atoms with Crippen LogP contribution in [-0.2, 0) is 16.0 Å². The van der Waals surface area contributed by atoms with Crippen LogP contribution in [0.3, 0.4) is 0 Å². The topological polar surface area (TPSA) is 55.4 Å². The summed E-state index contributed by atoms with van der Waals surface area (Å²) in [7, 11) is 0. The van der Waals surface area contributed by atoms with Crippen molar-refractivity contribution in [3.63, 3.8) is 0 Å². The third kappa shape index (κ3) is 4.03. The average Bonchev–Trinajstić information content (AvgIpc) is 2.73. The van der Waals surface area contributed by atoms with E-state index in [1.165, 1.54) is 23.1 Å². The van der Waals surface area contributed by atoms with E-state index in [1.807, 2.05) is 13.2 Å². The van der Waals surface area contributed by atoms with E-state index in [2.05, 4.69) is 5.32 Å². The monoisotopic (exact) mass is 287 g/mol. The number of rotatable bonds is 6. The molecule has 0 spiro atoms. The van der Waals surface area contributed by atoms with E-state index in [-0.39, 0.29) is 11.9 Å². The van der Waals surface area contributed by atoms with Gasteiger partial charge in [-0.3, -0.25) is 4.79 Å². The molecule has 1 aromatic rings. The highest BCUT2D eigenvalue weighted by Crippen LogP contribution is 2.29.